The summed E-state index contributed by atoms with van der Waals surface area (Å²) in [5, 5.41) is 20.9. The normalized spacial score (nSPS) is 11.9. The molecule has 0 spiro atoms. The molecule has 0 aliphatic heterocycles. The van der Waals surface area contributed by atoms with Crippen molar-refractivity contribution < 1.29 is 24.5 Å². The van der Waals surface area contributed by atoms with Crippen LogP contribution in [0.5, 0.6) is 11.5 Å². The lowest BCUT2D eigenvalue weighted by Crippen LogP contribution is -2.28. The van der Waals surface area contributed by atoms with Gasteiger partial charge < -0.3 is 25.0 Å². The number of carbonyl (C=O) groups is 1. The predicted octanol–water partition coefficient (Wildman–Crippen LogP) is 0.629. The van der Waals surface area contributed by atoms with Crippen LogP contribution in [0.3, 0.4) is 0 Å². The molecule has 0 amide bonds. The number of hydrogen-bond acceptors (Lipinski definition) is 5. The van der Waals surface area contributed by atoms with Crippen molar-refractivity contribution in [2.75, 3.05) is 20.8 Å². The number of aliphatic hydroxyl groups is 1. The lowest BCUT2D eigenvalue weighted by Gasteiger charge is -2.13. The maximum absolute atomic E-state index is 10.4. The molecule has 1 atom stereocenters. The van der Waals surface area contributed by atoms with Gasteiger partial charge in [0.15, 0.2) is 0 Å². The van der Waals surface area contributed by atoms with Gasteiger partial charge in [-0.25, -0.2) is 0 Å². The molecule has 1 unspecified atom stereocenters. The third kappa shape index (κ3) is 5.15. The van der Waals surface area contributed by atoms with Gasteiger partial charge in [-0.2, -0.15) is 0 Å². The highest BCUT2D eigenvalue weighted by molar-refractivity contribution is 5.67. The molecular weight excluding hydrogens is 250 g/mol. The van der Waals surface area contributed by atoms with Gasteiger partial charge in [-0.1, -0.05) is 0 Å². The number of ether oxygens (including phenoxy) is 2. The third-order valence-corrected chi connectivity index (χ3v) is 2.59. The molecule has 0 aliphatic rings. The van der Waals surface area contributed by atoms with Crippen molar-refractivity contribution in [3.8, 4) is 11.5 Å². The van der Waals surface area contributed by atoms with Crippen LogP contribution in [0.2, 0.25) is 0 Å². The Bertz CT molecular complexity index is 421. The Hall–Kier alpha value is -1.79. The van der Waals surface area contributed by atoms with Crippen molar-refractivity contribution in [1.29, 1.82) is 0 Å². The van der Waals surface area contributed by atoms with Crippen molar-refractivity contribution in [3.63, 3.8) is 0 Å². The van der Waals surface area contributed by atoms with Crippen LogP contribution in [0.25, 0.3) is 0 Å². The molecule has 3 N–H and O–H groups in total. The van der Waals surface area contributed by atoms with Crippen molar-refractivity contribution in [1.82, 2.24) is 5.32 Å². The lowest BCUT2D eigenvalue weighted by molar-refractivity contribution is -0.139. The fourth-order valence-electron chi connectivity index (χ4n) is 1.67. The summed E-state index contributed by atoms with van der Waals surface area (Å²) < 4.78 is 10.3. The lowest BCUT2D eigenvalue weighted by atomic mass is 10.1. The largest absolute Gasteiger partial charge is 0.497 e. The summed E-state index contributed by atoms with van der Waals surface area (Å²) in [5.41, 5.74) is 0.879. The molecule has 0 radical (unpaired) electrons. The van der Waals surface area contributed by atoms with Gasteiger partial charge in [0, 0.05) is 18.7 Å². The minimum absolute atomic E-state index is 0.201. The molecular formula is C13H19NO5. The smallest absolute Gasteiger partial charge is 0.306 e. The maximum Gasteiger partial charge on any atom is 0.306 e. The number of nitrogens with one attached hydrogen (secondary N) is 1. The molecule has 1 aromatic rings. The van der Waals surface area contributed by atoms with Crippen LogP contribution in [0.1, 0.15) is 12.0 Å². The summed E-state index contributed by atoms with van der Waals surface area (Å²) in [6.07, 6.45) is -1.18. The SMILES string of the molecule is COc1ccc(OC)c(CNCC(O)CC(=O)O)c1. The van der Waals surface area contributed by atoms with E-state index in [2.05, 4.69) is 5.32 Å². The van der Waals surface area contributed by atoms with Gasteiger partial charge in [0.2, 0.25) is 0 Å². The minimum atomic E-state index is -1.02. The Kier molecular flexibility index (Phi) is 6.11. The van der Waals surface area contributed by atoms with Gasteiger partial charge in [-0.3, -0.25) is 4.79 Å². The average Bonchev–Trinajstić information content (AvgIpc) is 2.37. The molecule has 6 nitrogen and oxygen atoms in total. The molecule has 1 rings (SSSR count). The average molecular weight is 269 g/mol. The van der Waals surface area contributed by atoms with Crippen LogP contribution in [-0.4, -0.2) is 43.1 Å². The number of aliphatic carboxylic acids is 1. The maximum atomic E-state index is 10.4. The van der Waals surface area contributed by atoms with Gasteiger partial charge in [0.1, 0.15) is 11.5 Å². The first kappa shape index (κ1) is 15.3. The Morgan fingerprint density at radius 3 is 2.68 bits per heavy atom. The molecule has 0 heterocycles. The van der Waals surface area contributed by atoms with Crippen LogP contribution < -0.4 is 14.8 Å². The molecule has 0 saturated carbocycles. The second-order valence-electron chi connectivity index (χ2n) is 4.06. The number of benzene rings is 1. The van der Waals surface area contributed by atoms with Crippen molar-refractivity contribution in [2.24, 2.45) is 0 Å². The summed E-state index contributed by atoms with van der Waals surface area (Å²) in [7, 11) is 3.15. The Morgan fingerprint density at radius 1 is 1.37 bits per heavy atom. The van der Waals surface area contributed by atoms with Crippen LogP contribution in [0.4, 0.5) is 0 Å². The predicted molar refractivity (Wildman–Crippen MR) is 69.5 cm³/mol. The quantitative estimate of drug-likeness (QED) is 0.641. The number of hydrogen-bond donors (Lipinski definition) is 3. The van der Waals surface area contributed by atoms with Crippen LogP contribution in [-0.2, 0) is 11.3 Å². The zero-order valence-corrected chi connectivity index (χ0v) is 11.0. The summed E-state index contributed by atoms with van der Waals surface area (Å²) >= 11 is 0. The number of methoxy groups -OCH3 is 2. The molecule has 0 saturated heterocycles. The summed E-state index contributed by atoms with van der Waals surface area (Å²) in [5.74, 6) is 0.401. The summed E-state index contributed by atoms with van der Waals surface area (Å²) in [6.45, 7) is 0.656. The van der Waals surface area contributed by atoms with Gasteiger partial charge >= 0.3 is 5.97 Å². The fourth-order valence-corrected chi connectivity index (χ4v) is 1.67. The summed E-state index contributed by atoms with van der Waals surface area (Å²) in [4.78, 5) is 10.4. The molecule has 106 valence electrons. The minimum Gasteiger partial charge on any atom is -0.497 e. The first-order valence-corrected chi connectivity index (χ1v) is 5.88. The van der Waals surface area contributed by atoms with Crippen LogP contribution >= 0.6 is 0 Å². The molecule has 6 heteroatoms. The highest BCUT2D eigenvalue weighted by atomic mass is 16.5. The molecule has 0 fully saturated rings. The highest BCUT2D eigenvalue weighted by Gasteiger charge is 2.10. The van der Waals surface area contributed by atoms with E-state index in [0.717, 1.165) is 5.56 Å². The Morgan fingerprint density at radius 2 is 2.11 bits per heavy atom. The fraction of sp³-hybridized carbons (Fsp3) is 0.462. The first-order chi connectivity index (χ1) is 9.06. The third-order valence-electron chi connectivity index (χ3n) is 2.59. The molecule has 0 aliphatic carbocycles. The van der Waals surface area contributed by atoms with E-state index in [1.165, 1.54) is 0 Å². The van der Waals surface area contributed by atoms with E-state index in [-0.39, 0.29) is 13.0 Å². The van der Waals surface area contributed by atoms with Gasteiger partial charge in [0.25, 0.3) is 0 Å². The van der Waals surface area contributed by atoms with E-state index < -0.39 is 12.1 Å². The standard InChI is InChI=1S/C13H19NO5/c1-18-11-3-4-12(19-2)9(5-11)7-14-8-10(15)6-13(16)17/h3-5,10,14-15H,6-8H2,1-2H3,(H,16,17). The molecule has 0 aromatic heterocycles. The van der Waals surface area contributed by atoms with Gasteiger partial charge in [-0.15, -0.1) is 0 Å². The summed E-state index contributed by atoms with van der Waals surface area (Å²) in [6, 6.07) is 5.42. The monoisotopic (exact) mass is 269 g/mol. The van der Waals surface area contributed by atoms with Crippen molar-refractivity contribution >= 4 is 5.97 Å². The molecule has 0 bridgehead atoms. The van der Waals surface area contributed by atoms with Crippen molar-refractivity contribution in [3.05, 3.63) is 23.8 Å². The number of rotatable bonds is 8. The second-order valence-corrected chi connectivity index (χ2v) is 4.06. The Labute approximate surface area is 112 Å². The topological polar surface area (TPSA) is 88.0 Å². The van der Waals surface area contributed by atoms with E-state index in [4.69, 9.17) is 14.6 Å². The Balaban J connectivity index is 2.54. The molecule has 19 heavy (non-hydrogen) atoms. The van der Waals surface area contributed by atoms with E-state index in [1.54, 1.807) is 26.4 Å². The number of carboxylic acid groups (broad SMARTS) is 1. The zero-order chi connectivity index (χ0) is 14.3. The van der Waals surface area contributed by atoms with Gasteiger partial charge in [-0.05, 0) is 18.2 Å². The van der Waals surface area contributed by atoms with E-state index in [9.17, 15) is 9.90 Å². The van der Waals surface area contributed by atoms with Crippen molar-refractivity contribution in [2.45, 2.75) is 19.1 Å². The van der Waals surface area contributed by atoms with E-state index in [1.807, 2.05) is 6.07 Å². The van der Waals surface area contributed by atoms with Crippen LogP contribution in [0, 0.1) is 0 Å². The molecule has 1 aromatic carbocycles. The van der Waals surface area contributed by atoms with Crippen LogP contribution in [0.15, 0.2) is 18.2 Å². The number of aliphatic hydroxyl groups excluding tert-OH is 1. The van der Waals surface area contributed by atoms with E-state index >= 15 is 0 Å². The zero-order valence-electron chi connectivity index (χ0n) is 11.0. The number of carboxylic acids is 1. The second kappa shape index (κ2) is 7.60. The highest BCUT2D eigenvalue weighted by Crippen LogP contribution is 2.23. The first-order valence-electron chi connectivity index (χ1n) is 5.88. The van der Waals surface area contributed by atoms with E-state index in [0.29, 0.717) is 18.0 Å². The van der Waals surface area contributed by atoms with Gasteiger partial charge in [0.05, 0.1) is 26.7 Å².